The van der Waals surface area contributed by atoms with Gasteiger partial charge in [-0.3, -0.25) is 4.98 Å². The number of hydrogen-bond acceptors (Lipinski definition) is 6. The van der Waals surface area contributed by atoms with Crippen LogP contribution in [0.2, 0.25) is 0 Å². The molecule has 2 aromatic heterocycles. The van der Waals surface area contributed by atoms with E-state index in [1.165, 1.54) is 0 Å². The standard InChI is InChI=1S/C11H13BrN4O2/c1-17-3-2-13-7-10-15-11(16-18-10)8-4-9(12)6-14-5-8/h4-6,13H,2-3,7H2,1H3. The van der Waals surface area contributed by atoms with E-state index in [0.29, 0.717) is 24.9 Å². The number of pyridine rings is 1. The fraction of sp³-hybridized carbons (Fsp3) is 0.364. The maximum atomic E-state index is 5.13. The Labute approximate surface area is 113 Å². The van der Waals surface area contributed by atoms with Gasteiger partial charge in [-0.25, -0.2) is 0 Å². The van der Waals surface area contributed by atoms with Crippen LogP contribution in [0.5, 0.6) is 0 Å². The number of aromatic nitrogens is 3. The lowest BCUT2D eigenvalue weighted by molar-refractivity contribution is 0.197. The molecule has 0 saturated heterocycles. The van der Waals surface area contributed by atoms with Crippen LogP contribution in [-0.2, 0) is 11.3 Å². The van der Waals surface area contributed by atoms with Crippen LogP contribution in [0, 0.1) is 0 Å². The van der Waals surface area contributed by atoms with E-state index in [9.17, 15) is 0 Å². The van der Waals surface area contributed by atoms with Crippen molar-refractivity contribution in [3.8, 4) is 11.4 Å². The van der Waals surface area contributed by atoms with Crippen molar-refractivity contribution in [1.82, 2.24) is 20.4 Å². The van der Waals surface area contributed by atoms with Gasteiger partial charge in [0, 0.05) is 36.1 Å². The summed E-state index contributed by atoms with van der Waals surface area (Å²) in [4.78, 5) is 8.33. The van der Waals surface area contributed by atoms with Gasteiger partial charge in [0.05, 0.1) is 13.2 Å². The molecule has 7 heteroatoms. The van der Waals surface area contributed by atoms with Gasteiger partial charge in [-0.15, -0.1) is 0 Å². The highest BCUT2D eigenvalue weighted by atomic mass is 79.9. The van der Waals surface area contributed by atoms with Crippen molar-refractivity contribution in [2.75, 3.05) is 20.3 Å². The molecule has 0 spiro atoms. The molecule has 0 aliphatic heterocycles. The van der Waals surface area contributed by atoms with Gasteiger partial charge in [-0.1, -0.05) is 5.16 Å². The van der Waals surface area contributed by atoms with E-state index >= 15 is 0 Å². The second kappa shape index (κ2) is 6.58. The predicted octanol–water partition coefficient (Wildman–Crippen LogP) is 1.63. The number of rotatable bonds is 6. The highest BCUT2D eigenvalue weighted by Crippen LogP contribution is 2.18. The molecule has 0 saturated carbocycles. The summed E-state index contributed by atoms with van der Waals surface area (Å²) in [5, 5.41) is 7.04. The first kappa shape index (κ1) is 13.1. The zero-order chi connectivity index (χ0) is 12.8. The van der Waals surface area contributed by atoms with Crippen molar-refractivity contribution in [2.45, 2.75) is 6.54 Å². The van der Waals surface area contributed by atoms with Gasteiger partial charge in [0.2, 0.25) is 11.7 Å². The molecule has 0 radical (unpaired) electrons. The number of hydrogen-bond donors (Lipinski definition) is 1. The summed E-state index contributed by atoms with van der Waals surface area (Å²) < 4.78 is 10.9. The van der Waals surface area contributed by atoms with E-state index in [1.807, 2.05) is 6.07 Å². The fourth-order valence-corrected chi connectivity index (χ4v) is 1.71. The summed E-state index contributed by atoms with van der Waals surface area (Å²) in [5.74, 6) is 1.08. The van der Waals surface area contributed by atoms with Gasteiger partial charge in [-0.2, -0.15) is 4.98 Å². The van der Waals surface area contributed by atoms with Gasteiger partial charge >= 0.3 is 0 Å². The summed E-state index contributed by atoms with van der Waals surface area (Å²) in [6.45, 7) is 1.92. The van der Waals surface area contributed by atoms with E-state index in [-0.39, 0.29) is 0 Å². The van der Waals surface area contributed by atoms with Crippen molar-refractivity contribution in [3.63, 3.8) is 0 Å². The Balaban J connectivity index is 1.97. The highest BCUT2D eigenvalue weighted by molar-refractivity contribution is 9.10. The van der Waals surface area contributed by atoms with E-state index < -0.39 is 0 Å². The lowest BCUT2D eigenvalue weighted by atomic mass is 10.3. The topological polar surface area (TPSA) is 73.1 Å². The maximum Gasteiger partial charge on any atom is 0.240 e. The molecule has 0 aliphatic rings. The van der Waals surface area contributed by atoms with Gasteiger partial charge in [0.15, 0.2) is 0 Å². The minimum Gasteiger partial charge on any atom is -0.383 e. The lowest BCUT2D eigenvalue weighted by Gasteiger charge is -1.98. The monoisotopic (exact) mass is 312 g/mol. The molecule has 0 amide bonds. The predicted molar refractivity (Wildman–Crippen MR) is 68.8 cm³/mol. The molecule has 96 valence electrons. The number of nitrogens with one attached hydrogen (secondary N) is 1. The molecule has 2 rings (SSSR count). The summed E-state index contributed by atoms with van der Waals surface area (Å²) in [6, 6.07) is 1.89. The maximum absolute atomic E-state index is 5.13. The Morgan fingerprint density at radius 1 is 1.44 bits per heavy atom. The molecule has 2 aromatic rings. The molecule has 0 unspecified atom stereocenters. The first-order chi connectivity index (χ1) is 8.79. The molecule has 1 N–H and O–H groups in total. The molecule has 0 bridgehead atoms. The van der Waals surface area contributed by atoms with Gasteiger partial charge in [0.25, 0.3) is 0 Å². The van der Waals surface area contributed by atoms with E-state index in [0.717, 1.165) is 16.6 Å². The largest absolute Gasteiger partial charge is 0.383 e. The third kappa shape index (κ3) is 3.59. The molecule has 18 heavy (non-hydrogen) atoms. The first-order valence-electron chi connectivity index (χ1n) is 5.43. The van der Waals surface area contributed by atoms with Crippen LogP contribution in [0.15, 0.2) is 27.5 Å². The SMILES string of the molecule is COCCNCc1nc(-c2cncc(Br)c2)no1. The van der Waals surface area contributed by atoms with E-state index in [1.54, 1.807) is 19.5 Å². The second-order valence-electron chi connectivity index (χ2n) is 3.57. The first-order valence-corrected chi connectivity index (χ1v) is 6.22. The van der Waals surface area contributed by atoms with Crippen LogP contribution in [0.25, 0.3) is 11.4 Å². The van der Waals surface area contributed by atoms with E-state index in [4.69, 9.17) is 9.26 Å². The Morgan fingerprint density at radius 3 is 3.11 bits per heavy atom. The average Bonchev–Trinajstić information content (AvgIpc) is 2.83. The number of halogens is 1. The van der Waals surface area contributed by atoms with Crippen LogP contribution < -0.4 is 5.32 Å². The fourth-order valence-electron chi connectivity index (χ4n) is 1.35. The van der Waals surface area contributed by atoms with Crippen molar-refractivity contribution in [2.24, 2.45) is 0 Å². The molecular formula is C11H13BrN4O2. The Bertz CT molecular complexity index is 503. The van der Waals surface area contributed by atoms with Crippen LogP contribution in [0.3, 0.4) is 0 Å². The molecule has 2 heterocycles. The Kier molecular flexibility index (Phi) is 4.80. The summed E-state index contributed by atoms with van der Waals surface area (Å²) in [7, 11) is 1.66. The smallest absolute Gasteiger partial charge is 0.240 e. The minimum absolute atomic E-state index is 0.526. The minimum atomic E-state index is 0.526. The molecule has 0 atom stereocenters. The van der Waals surface area contributed by atoms with E-state index in [2.05, 4.69) is 36.4 Å². The summed E-state index contributed by atoms with van der Waals surface area (Å²) >= 11 is 3.35. The van der Waals surface area contributed by atoms with Crippen molar-refractivity contribution in [1.29, 1.82) is 0 Å². The summed E-state index contributed by atoms with van der Waals surface area (Å²) in [6.07, 6.45) is 3.40. The molecule has 0 aromatic carbocycles. The Hall–Kier alpha value is -1.31. The Morgan fingerprint density at radius 2 is 2.33 bits per heavy atom. The van der Waals surface area contributed by atoms with Crippen LogP contribution >= 0.6 is 15.9 Å². The summed E-state index contributed by atoms with van der Waals surface area (Å²) in [5.41, 5.74) is 0.816. The number of nitrogens with zero attached hydrogens (tertiary/aromatic N) is 3. The molecular weight excluding hydrogens is 300 g/mol. The van der Waals surface area contributed by atoms with Crippen LogP contribution in [-0.4, -0.2) is 35.4 Å². The van der Waals surface area contributed by atoms with Crippen molar-refractivity contribution in [3.05, 3.63) is 28.8 Å². The van der Waals surface area contributed by atoms with Crippen molar-refractivity contribution >= 4 is 15.9 Å². The van der Waals surface area contributed by atoms with Gasteiger partial charge in [-0.05, 0) is 22.0 Å². The van der Waals surface area contributed by atoms with Gasteiger partial charge < -0.3 is 14.6 Å². The van der Waals surface area contributed by atoms with Crippen LogP contribution in [0.1, 0.15) is 5.89 Å². The quantitative estimate of drug-likeness (QED) is 0.817. The van der Waals surface area contributed by atoms with Gasteiger partial charge in [0.1, 0.15) is 0 Å². The second-order valence-corrected chi connectivity index (χ2v) is 4.49. The zero-order valence-electron chi connectivity index (χ0n) is 9.89. The van der Waals surface area contributed by atoms with Crippen molar-refractivity contribution < 1.29 is 9.26 Å². The zero-order valence-corrected chi connectivity index (χ0v) is 11.5. The highest BCUT2D eigenvalue weighted by Gasteiger charge is 2.08. The third-order valence-corrected chi connectivity index (χ3v) is 2.62. The molecule has 6 nitrogen and oxygen atoms in total. The number of ether oxygens (including phenoxy) is 1. The molecule has 0 aliphatic carbocycles. The third-order valence-electron chi connectivity index (χ3n) is 2.19. The molecule has 0 fully saturated rings. The lowest BCUT2D eigenvalue weighted by Crippen LogP contribution is -2.18. The average molecular weight is 313 g/mol. The number of methoxy groups -OCH3 is 1. The van der Waals surface area contributed by atoms with Crippen LogP contribution in [0.4, 0.5) is 0 Å². The normalized spacial score (nSPS) is 10.8.